The topological polar surface area (TPSA) is 69.6 Å². The van der Waals surface area contributed by atoms with E-state index in [0.29, 0.717) is 19.3 Å². The number of nitrogens with one attached hydrogen (secondary N) is 1. The fourth-order valence-electron chi connectivity index (χ4n) is 5.61. The number of aliphatic carboxylic acids is 1. The maximum absolute atomic E-state index is 13.5. The van der Waals surface area contributed by atoms with E-state index in [1.54, 1.807) is 4.90 Å². The van der Waals surface area contributed by atoms with Gasteiger partial charge in [-0.15, -0.1) is 0 Å². The highest BCUT2D eigenvalue weighted by molar-refractivity contribution is 6.31. The van der Waals surface area contributed by atoms with Crippen molar-refractivity contribution in [1.29, 1.82) is 0 Å². The summed E-state index contributed by atoms with van der Waals surface area (Å²) in [5, 5.41) is 13.8. The van der Waals surface area contributed by atoms with Gasteiger partial charge in [0.05, 0.1) is 17.5 Å². The number of carbonyl (C=O) groups is 2. The van der Waals surface area contributed by atoms with Crippen molar-refractivity contribution in [2.24, 2.45) is 17.3 Å². The Labute approximate surface area is 216 Å². The number of aryl methyl sites for hydroxylation is 1. The van der Waals surface area contributed by atoms with E-state index in [1.807, 2.05) is 12.3 Å². The van der Waals surface area contributed by atoms with Crippen LogP contribution in [0.5, 0.6) is 0 Å². The number of carboxylic acids is 1. The quantitative estimate of drug-likeness (QED) is 0.347. The third kappa shape index (κ3) is 5.55. The van der Waals surface area contributed by atoms with Gasteiger partial charge in [0, 0.05) is 11.2 Å². The molecule has 1 aromatic carbocycles. The summed E-state index contributed by atoms with van der Waals surface area (Å²) in [6, 6.07) is 5.73. The largest absolute Gasteiger partial charge is 0.481 e. The van der Waals surface area contributed by atoms with E-state index in [9.17, 15) is 14.7 Å². The molecule has 1 heterocycles. The molecule has 35 heavy (non-hydrogen) atoms. The highest BCUT2D eigenvalue weighted by Gasteiger charge is 2.47. The number of urea groups is 1. The van der Waals surface area contributed by atoms with Crippen molar-refractivity contribution in [3.8, 4) is 0 Å². The predicted octanol–water partition coefficient (Wildman–Crippen LogP) is 7.52. The monoisotopic (exact) mass is 502 g/mol. The van der Waals surface area contributed by atoms with E-state index in [2.05, 4.69) is 59.0 Å². The number of nitrogens with zero attached hydrogens (tertiary/aromatic N) is 1. The fraction of sp³-hybridized carbons (Fsp3) is 0.655. The van der Waals surface area contributed by atoms with E-state index in [0.717, 1.165) is 53.8 Å². The first-order valence-electron chi connectivity index (χ1n) is 13.3. The highest BCUT2D eigenvalue weighted by Crippen LogP contribution is 2.44. The summed E-state index contributed by atoms with van der Waals surface area (Å²) in [5.74, 6) is -1.13. The zero-order valence-electron chi connectivity index (χ0n) is 22.3. The second-order valence-corrected chi connectivity index (χ2v) is 11.7. The molecule has 1 aliphatic heterocycles. The molecular formula is C29H43ClN2O3. The molecule has 0 radical (unpaired) electrons. The van der Waals surface area contributed by atoms with Crippen LogP contribution in [0.1, 0.15) is 97.6 Å². The standard InChI is InChI=1S/C29H43ClN2O3/c1-7-19(4)23-18-32(25-12-10-11-22(25)26(33)34)27(35)31-29(23,9-3)21-14-13-20(24(30)17-21)15-16-28(5,6)8-2/h13-14,17-19,22,25H,7-12,15-16H2,1-6H3,(H,31,35)(H,33,34)/t19?,22?,25?,29-/m0/s1. The molecule has 3 rings (SSSR count). The van der Waals surface area contributed by atoms with Gasteiger partial charge >= 0.3 is 12.0 Å². The summed E-state index contributed by atoms with van der Waals surface area (Å²) in [7, 11) is 0. The molecular weight excluding hydrogens is 460 g/mol. The lowest BCUT2D eigenvalue weighted by atomic mass is 9.73. The van der Waals surface area contributed by atoms with E-state index >= 15 is 0 Å². The number of halogens is 1. The summed E-state index contributed by atoms with van der Waals surface area (Å²) < 4.78 is 0. The van der Waals surface area contributed by atoms with Crippen LogP contribution in [0.15, 0.2) is 30.0 Å². The van der Waals surface area contributed by atoms with Crippen LogP contribution < -0.4 is 5.32 Å². The van der Waals surface area contributed by atoms with Crippen LogP contribution in [-0.2, 0) is 16.8 Å². The molecule has 0 spiro atoms. The van der Waals surface area contributed by atoms with Crippen molar-refractivity contribution in [3.05, 3.63) is 46.1 Å². The summed E-state index contributed by atoms with van der Waals surface area (Å²) in [6.45, 7) is 13.2. The first-order valence-corrected chi connectivity index (χ1v) is 13.7. The van der Waals surface area contributed by atoms with Gasteiger partial charge in [-0.25, -0.2) is 4.79 Å². The van der Waals surface area contributed by atoms with Crippen molar-refractivity contribution in [2.75, 3.05) is 0 Å². The van der Waals surface area contributed by atoms with Crippen LogP contribution in [0.25, 0.3) is 0 Å². The Kier molecular flexibility index (Phi) is 8.62. The van der Waals surface area contributed by atoms with Gasteiger partial charge in [-0.2, -0.15) is 0 Å². The molecule has 0 saturated heterocycles. The van der Waals surface area contributed by atoms with Crippen LogP contribution in [0, 0.1) is 17.3 Å². The van der Waals surface area contributed by atoms with Crippen LogP contribution in [-0.4, -0.2) is 28.0 Å². The SMILES string of the molecule is CCC(C)C1=CN(C2CCCC2C(=O)O)C(=O)N[C@@]1(CC)c1ccc(CCC(C)(C)CC)c(Cl)c1. The highest BCUT2D eigenvalue weighted by atomic mass is 35.5. The Morgan fingerprint density at radius 3 is 2.57 bits per heavy atom. The number of benzene rings is 1. The summed E-state index contributed by atoms with van der Waals surface area (Å²) in [6.07, 6.45) is 8.83. The number of carbonyl (C=O) groups excluding carboxylic acids is 1. The van der Waals surface area contributed by atoms with Gasteiger partial charge in [0.1, 0.15) is 0 Å². The van der Waals surface area contributed by atoms with Gasteiger partial charge in [-0.05, 0) is 72.6 Å². The van der Waals surface area contributed by atoms with Crippen LogP contribution in [0.3, 0.4) is 0 Å². The lowest BCUT2D eigenvalue weighted by Crippen LogP contribution is -2.59. The van der Waals surface area contributed by atoms with E-state index < -0.39 is 17.4 Å². The zero-order chi connectivity index (χ0) is 26.0. The molecule has 0 bridgehead atoms. The first kappa shape index (κ1) is 27.6. The Morgan fingerprint density at radius 1 is 1.29 bits per heavy atom. The molecule has 3 unspecified atom stereocenters. The lowest BCUT2D eigenvalue weighted by Gasteiger charge is -2.46. The first-order chi connectivity index (χ1) is 16.5. The third-order valence-corrected chi connectivity index (χ3v) is 9.08. The summed E-state index contributed by atoms with van der Waals surface area (Å²) >= 11 is 6.82. The van der Waals surface area contributed by atoms with Gasteiger partial charge in [0.25, 0.3) is 0 Å². The summed E-state index contributed by atoms with van der Waals surface area (Å²) in [5.41, 5.74) is 2.86. The molecule has 0 aromatic heterocycles. The second kappa shape index (κ2) is 10.9. The smallest absolute Gasteiger partial charge is 0.322 e. The molecule has 2 aliphatic rings. The predicted molar refractivity (Wildman–Crippen MR) is 142 cm³/mol. The second-order valence-electron chi connectivity index (χ2n) is 11.3. The molecule has 1 aromatic rings. The van der Waals surface area contributed by atoms with Crippen molar-refractivity contribution in [2.45, 2.75) is 104 Å². The van der Waals surface area contributed by atoms with Crippen molar-refractivity contribution >= 4 is 23.6 Å². The minimum atomic E-state index is -0.820. The van der Waals surface area contributed by atoms with E-state index in [-0.39, 0.29) is 23.4 Å². The van der Waals surface area contributed by atoms with Crippen molar-refractivity contribution in [3.63, 3.8) is 0 Å². The maximum atomic E-state index is 13.5. The number of hydrogen-bond acceptors (Lipinski definition) is 2. The van der Waals surface area contributed by atoms with Crippen LogP contribution in [0.2, 0.25) is 5.02 Å². The molecule has 1 fully saturated rings. The fourth-order valence-corrected chi connectivity index (χ4v) is 5.89. The zero-order valence-corrected chi connectivity index (χ0v) is 23.0. The minimum Gasteiger partial charge on any atom is -0.481 e. The number of amides is 2. The van der Waals surface area contributed by atoms with Crippen LogP contribution >= 0.6 is 11.6 Å². The number of rotatable bonds is 10. The Bertz CT molecular complexity index is 973. The molecule has 6 heteroatoms. The number of hydrogen-bond donors (Lipinski definition) is 2. The van der Waals surface area contributed by atoms with Gasteiger partial charge < -0.3 is 10.4 Å². The van der Waals surface area contributed by atoms with Crippen molar-refractivity contribution in [1.82, 2.24) is 10.2 Å². The molecule has 1 aliphatic carbocycles. The molecule has 1 saturated carbocycles. The average Bonchev–Trinajstić information content (AvgIpc) is 3.32. The minimum absolute atomic E-state index is 0.214. The number of carboxylic acid groups (broad SMARTS) is 1. The molecule has 194 valence electrons. The van der Waals surface area contributed by atoms with Gasteiger partial charge in [-0.3, -0.25) is 9.69 Å². The van der Waals surface area contributed by atoms with Crippen LogP contribution in [0.4, 0.5) is 4.79 Å². The lowest BCUT2D eigenvalue weighted by molar-refractivity contribution is -0.142. The van der Waals surface area contributed by atoms with Gasteiger partial charge in [0.2, 0.25) is 0 Å². The van der Waals surface area contributed by atoms with Crippen molar-refractivity contribution < 1.29 is 14.7 Å². The molecule has 2 N–H and O–H groups in total. The third-order valence-electron chi connectivity index (χ3n) is 8.73. The Morgan fingerprint density at radius 2 is 2.00 bits per heavy atom. The average molecular weight is 503 g/mol. The maximum Gasteiger partial charge on any atom is 0.322 e. The Hall–Kier alpha value is -2.01. The molecule has 2 amide bonds. The molecule has 5 nitrogen and oxygen atoms in total. The van der Waals surface area contributed by atoms with E-state index in [1.165, 1.54) is 0 Å². The van der Waals surface area contributed by atoms with Gasteiger partial charge in [-0.1, -0.05) is 78.1 Å². The summed E-state index contributed by atoms with van der Waals surface area (Å²) in [4.78, 5) is 27.0. The molecule has 4 atom stereocenters. The van der Waals surface area contributed by atoms with E-state index in [4.69, 9.17) is 11.6 Å². The van der Waals surface area contributed by atoms with Gasteiger partial charge in [0.15, 0.2) is 0 Å². The normalized spacial score (nSPS) is 25.9. The Balaban J connectivity index is 2.01.